The smallest absolute Gasteiger partial charge is 0.253 e. The van der Waals surface area contributed by atoms with Crippen LogP contribution in [0.25, 0.3) is 0 Å². The van der Waals surface area contributed by atoms with Gasteiger partial charge in [0.05, 0.1) is 6.26 Å². The molecule has 0 spiro atoms. The minimum Gasteiger partial charge on any atom is -0.348 e. The van der Waals surface area contributed by atoms with Crippen LogP contribution in [-0.2, 0) is 16.6 Å². The zero-order valence-corrected chi connectivity index (χ0v) is 21.0. The monoisotopic (exact) mass is 497 g/mol. The third kappa shape index (κ3) is 5.95. The molecule has 0 saturated carbocycles. The molecule has 10 heteroatoms. The average Bonchev–Trinajstić information content (AvgIpc) is 2.69. The number of nitrogens with one attached hydrogen (secondary N) is 2. The second-order valence-electron chi connectivity index (χ2n) is 8.18. The Bertz CT molecular complexity index is 1190. The van der Waals surface area contributed by atoms with Gasteiger partial charge in [-0.25, -0.2) is 12.7 Å². The Balaban J connectivity index is 1.72. The summed E-state index contributed by atoms with van der Waals surface area (Å²) in [4.78, 5) is 28.8. The van der Waals surface area contributed by atoms with Crippen LogP contribution in [0.3, 0.4) is 0 Å². The molecule has 0 atom stereocenters. The lowest BCUT2D eigenvalue weighted by Crippen LogP contribution is -2.38. The number of carbonyl (C=O) groups excluding carboxylic acids is 1. The molecule has 1 aliphatic rings. The van der Waals surface area contributed by atoms with Crippen molar-refractivity contribution in [3.05, 3.63) is 61.5 Å². The number of rotatable bonds is 6. The molecule has 2 heterocycles. The predicted molar refractivity (Wildman–Crippen MR) is 129 cm³/mol. The predicted octanol–water partition coefficient (Wildman–Crippen LogP) is 3.40. The van der Waals surface area contributed by atoms with Gasteiger partial charge in [-0.05, 0) is 62.9 Å². The summed E-state index contributed by atoms with van der Waals surface area (Å²) in [5, 5.41) is 3.54. The summed E-state index contributed by atoms with van der Waals surface area (Å²) >= 11 is 7.95. The van der Waals surface area contributed by atoms with Crippen molar-refractivity contribution in [2.45, 2.75) is 50.3 Å². The number of benzene rings is 1. The molecule has 1 saturated heterocycles. The van der Waals surface area contributed by atoms with Gasteiger partial charge in [0.2, 0.25) is 10.0 Å². The van der Waals surface area contributed by atoms with Crippen molar-refractivity contribution in [3.8, 4) is 0 Å². The number of carbonyl (C=O) groups is 1. The first kappa shape index (κ1) is 24.8. The number of H-pyrrole nitrogens is 1. The zero-order valence-electron chi connectivity index (χ0n) is 18.6. The molecule has 2 aromatic rings. The van der Waals surface area contributed by atoms with Crippen molar-refractivity contribution in [3.63, 3.8) is 0 Å². The average molecular weight is 498 g/mol. The van der Waals surface area contributed by atoms with Crippen molar-refractivity contribution < 1.29 is 13.2 Å². The minimum absolute atomic E-state index is 0.124. The lowest BCUT2D eigenvalue weighted by atomic mass is 10.1. The van der Waals surface area contributed by atoms with Crippen LogP contribution >= 0.6 is 23.4 Å². The van der Waals surface area contributed by atoms with E-state index >= 15 is 0 Å². The van der Waals surface area contributed by atoms with Gasteiger partial charge in [-0.1, -0.05) is 11.6 Å². The summed E-state index contributed by atoms with van der Waals surface area (Å²) in [6.45, 7) is 6.65. The molecule has 0 unspecified atom stereocenters. The maximum absolute atomic E-state index is 12.9. The molecule has 0 bridgehead atoms. The molecule has 32 heavy (non-hydrogen) atoms. The Morgan fingerprint density at radius 2 is 1.88 bits per heavy atom. The van der Waals surface area contributed by atoms with Crippen molar-refractivity contribution in [2.75, 3.05) is 19.3 Å². The maximum atomic E-state index is 12.9. The Hall–Kier alpha value is -1.81. The minimum atomic E-state index is -3.17. The highest BCUT2D eigenvalue weighted by Gasteiger charge is 2.26. The number of aryl methyl sites for hydroxylation is 2. The number of nitrogens with zero attached hydrogens (tertiary/aromatic N) is 1. The van der Waals surface area contributed by atoms with Gasteiger partial charge in [0.15, 0.2) is 0 Å². The fourth-order valence-electron chi connectivity index (χ4n) is 3.84. The van der Waals surface area contributed by atoms with Gasteiger partial charge in [-0.2, -0.15) is 0 Å². The van der Waals surface area contributed by atoms with Crippen LogP contribution in [0.5, 0.6) is 0 Å². The topological polar surface area (TPSA) is 99.3 Å². The van der Waals surface area contributed by atoms with Crippen LogP contribution in [0, 0.1) is 20.8 Å². The third-order valence-electron chi connectivity index (χ3n) is 5.65. The van der Waals surface area contributed by atoms with E-state index in [1.165, 1.54) is 10.6 Å². The van der Waals surface area contributed by atoms with Gasteiger partial charge < -0.3 is 10.3 Å². The largest absolute Gasteiger partial charge is 0.348 e. The lowest BCUT2D eigenvalue weighted by Gasteiger charge is -2.30. The van der Waals surface area contributed by atoms with Crippen LogP contribution in [0.2, 0.25) is 5.02 Å². The second-order valence-corrected chi connectivity index (χ2v) is 11.9. The van der Waals surface area contributed by atoms with E-state index < -0.39 is 10.0 Å². The molecule has 1 amide bonds. The summed E-state index contributed by atoms with van der Waals surface area (Å²) in [6.07, 6.45) is 2.71. The summed E-state index contributed by atoms with van der Waals surface area (Å²) in [7, 11) is -3.17. The van der Waals surface area contributed by atoms with Crippen molar-refractivity contribution >= 4 is 39.3 Å². The zero-order chi connectivity index (χ0) is 23.6. The van der Waals surface area contributed by atoms with E-state index in [0.29, 0.717) is 29.2 Å². The number of halogens is 1. The first-order valence-electron chi connectivity index (χ1n) is 10.3. The number of sulfonamides is 1. The Morgan fingerprint density at radius 1 is 1.22 bits per heavy atom. The number of pyridine rings is 1. The van der Waals surface area contributed by atoms with E-state index in [-0.39, 0.29) is 23.3 Å². The highest BCUT2D eigenvalue weighted by Crippen LogP contribution is 2.36. The SMILES string of the molecule is Cc1cc(C)c(CNC(=O)c2cc(Cl)cc(SC3CCN(S(C)(=O)=O)CC3)c2C)c(=O)[nH]1. The van der Waals surface area contributed by atoms with E-state index in [1.54, 1.807) is 17.8 Å². The van der Waals surface area contributed by atoms with Gasteiger partial charge in [0.1, 0.15) is 0 Å². The van der Waals surface area contributed by atoms with Crippen LogP contribution in [-0.4, -0.2) is 48.2 Å². The van der Waals surface area contributed by atoms with Crippen molar-refractivity contribution in [1.82, 2.24) is 14.6 Å². The van der Waals surface area contributed by atoms with Gasteiger partial charge in [0, 0.05) is 51.6 Å². The molecule has 0 aliphatic carbocycles. The van der Waals surface area contributed by atoms with Gasteiger partial charge in [0.25, 0.3) is 11.5 Å². The molecular weight excluding hydrogens is 470 g/mol. The van der Waals surface area contributed by atoms with Crippen molar-refractivity contribution in [1.29, 1.82) is 0 Å². The number of aromatic nitrogens is 1. The lowest BCUT2D eigenvalue weighted by molar-refractivity contribution is 0.0950. The standard InChI is InChI=1S/C22H28ClN3O4S2/c1-13-9-14(2)25-22(28)19(13)12-24-21(27)18-10-16(23)11-20(15(18)3)31-17-5-7-26(8-6-17)32(4,29)30/h9-11,17H,5-8,12H2,1-4H3,(H,24,27)(H,25,28). The van der Waals surface area contributed by atoms with E-state index in [4.69, 9.17) is 11.6 Å². The summed E-state index contributed by atoms with van der Waals surface area (Å²) in [5.41, 5.74) is 3.20. The van der Waals surface area contributed by atoms with Gasteiger partial charge >= 0.3 is 0 Å². The third-order valence-corrected chi connectivity index (χ3v) is 8.66. The second kappa shape index (κ2) is 9.99. The Morgan fingerprint density at radius 3 is 2.47 bits per heavy atom. The molecule has 174 valence electrons. The number of thioether (sulfide) groups is 1. The molecular formula is C22H28ClN3O4S2. The number of piperidine rings is 1. The highest BCUT2D eigenvalue weighted by atomic mass is 35.5. The molecule has 0 radical (unpaired) electrons. The Labute approximate surface area is 198 Å². The van der Waals surface area contributed by atoms with E-state index in [1.807, 2.05) is 32.9 Å². The number of hydrogen-bond acceptors (Lipinski definition) is 5. The summed E-state index contributed by atoms with van der Waals surface area (Å²) < 4.78 is 25.0. The molecule has 1 aliphatic heterocycles. The van der Waals surface area contributed by atoms with Crippen LogP contribution in [0.15, 0.2) is 27.9 Å². The molecule has 1 aromatic heterocycles. The number of aromatic amines is 1. The quantitative estimate of drug-likeness (QED) is 0.637. The van der Waals surface area contributed by atoms with Crippen molar-refractivity contribution in [2.24, 2.45) is 0 Å². The van der Waals surface area contributed by atoms with Crippen LogP contribution in [0.1, 0.15) is 45.6 Å². The maximum Gasteiger partial charge on any atom is 0.253 e. The van der Waals surface area contributed by atoms with E-state index in [9.17, 15) is 18.0 Å². The summed E-state index contributed by atoms with van der Waals surface area (Å²) in [6, 6.07) is 5.35. The van der Waals surface area contributed by atoms with Crippen LogP contribution in [0.4, 0.5) is 0 Å². The number of hydrogen-bond donors (Lipinski definition) is 2. The normalized spacial score (nSPS) is 15.7. The molecule has 7 nitrogen and oxygen atoms in total. The molecule has 1 aromatic carbocycles. The van der Waals surface area contributed by atoms with Crippen LogP contribution < -0.4 is 10.9 Å². The first-order valence-corrected chi connectivity index (χ1v) is 13.5. The Kier molecular flexibility index (Phi) is 7.75. The number of amides is 1. The first-order chi connectivity index (χ1) is 15.0. The molecule has 1 fully saturated rings. The molecule has 2 N–H and O–H groups in total. The van der Waals surface area contributed by atoms with E-state index in [0.717, 1.165) is 34.6 Å². The van der Waals surface area contributed by atoms with Gasteiger partial charge in [-0.15, -0.1) is 11.8 Å². The fourth-order valence-corrected chi connectivity index (χ4v) is 6.28. The van der Waals surface area contributed by atoms with E-state index in [2.05, 4.69) is 10.3 Å². The fraction of sp³-hybridized carbons (Fsp3) is 0.455. The summed E-state index contributed by atoms with van der Waals surface area (Å²) in [5.74, 6) is -0.293. The molecule has 3 rings (SSSR count). The van der Waals surface area contributed by atoms with Gasteiger partial charge in [-0.3, -0.25) is 9.59 Å². The highest BCUT2D eigenvalue weighted by molar-refractivity contribution is 8.00.